The Kier molecular flexibility index (Phi) is 5.86. The molecule has 7 heteroatoms. The van der Waals surface area contributed by atoms with Gasteiger partial charge in [-0.1, -0.05) is 36.4 Å². The number of phenols is 1. The maximum absolute atomic E-state index is 12.1. The molecule has 0 aliphatic heterocycles. The molecule has 0 atom stereocenters. The maximum Gasteiger partial charge on any atom is 0.329 e. The lowest BCUT2D eigenvalue weighted by Crippen LogP contribution is -2.32. The number of rotatable bonds is 5. The molecule has 3 aromatic carbocycles. The number of aromatic hydroxyl groups is 1. The minimum atomic E-state index is -0.895. The molecule has 0 heterocycles. The van der Waals surface area contributed by atoms with Gasteiger partial charge in [-0.15, -0.1) is 0 Å². The van der Waals surface area contributed by atoms with Gasteiger partial charge in [0.05, 0.1) is 12.8 Å². The molecule has 0 saturated heterocycles. The minimum absolute atomic E-state index is 0.0116. The molecule has 0 aliphatic carbocycles. The fourth-order valence-corrected chi connectivity index (χ4v) is 2.61. The smallest absolute Gasteiger partial charge is 0.329 e. The third-order valence-electron chi connectivity index (χ3n) is 3.91. The summed E-state index contributed by atoms with van der Waals surface area (Å²) in [5.41, 5.74) is 3.32. The van der Waals surface area contributed by atoms with E-state index in [2.05, 4.69) is 15.8 Å². The summed E-state index contributed by atoms with van der Waals surface area (Å²) in [7, 11) is 0. The van der Waals surface area contributed by atoms with Crippen LogP contribution < -0.4 is 15.5 Å². The van der Waals surface area contributed by atoms with Gasteiger partial charge in [0.1, 0.15) is 0 Å². The second kappa shape index (κ2) is 8.68. The largest absolute Gasteiger partial charge is 0.504 e. The highest BCUT2D eigenvalue weighted by atomic mass is 16.5. The van der Waals surface area contributed by atoms with Crippen molar-refractivity contribution < 1.29 is 19.4 Å². The molecule has 0 bridgehead atoms. The van der Waals surface area contributed by atoms with E-state index in [1.807, 2.05) is 30.3 Å². The normalized spacial score (nSPS) is 10.8. The molecule has 2 amide bonds. The van der Waals surface area contributed by atoms with Crippen LogP contribution in [0.5, 0.6) is 11.5 Å². The monoisotopic (exact) mass is 377 g/mol. The highest BCUT2D eigenvalue weighted by molar-refractivity contribution is 6.40. The lowest BCUT2D eigenvalue weighted by molar-refractivity contribution is -0.136. The molecule has 0 unspecified atom stereocenters. The van der Waals surface area contributed by atoms with Crippen molar-refractivity contribution in [3.63, 3.8) is 0 Å². The summed E-state index contributed by atoms with van der Waals surface area (Å²) in [6.45, 7) is 2.20. The molecule has 0 spiro atoms. The SMILES string of the molecule is CCOc1cc(C=NNC(=O)C(=O)Nc2cccc3ccccc23)ccc1O. The summed E-state index contributed by atoms with van der Waals surface area (Å²) < 4.78 is 5.28. The molecule has 3 rings (SSSR count). The van der Waals surface area contributed by atoms with Gasteiger partial charge < -0.3 is 15.2 Å². The van der Waals surface area contributed by atoms with E-state index < -0.39 is 11.8 Å². The predicted molar refractivity (Wildman–Crippen MR) is 108 cm³/mol. The van der Waals surface area contributed by atoms with Crippen LogP contribution >= 0.6 is 0 Å². The second-order valence-corrected chi connectivity index (χ2v) is 5.84. The van der Waals surface area contributed by atoms with E-state index in [1.54, 1.807) is 31.2 Å². The van der Waals surface area contributed by atoms with Crippen LogP contribution in [0.15, 0.2) is 65.8 Å². The summed E-state index contributed by atoms with van der Waals surface area (Å²) in [5.74, 6) is -1.40. The molecular formula is C21H19N3O4. The number of hydrogen-bond donors (Lipinski definition) is 3. The van der Waals surface area contributed by atoms with Crippen LogP contribution in [0.3, 0.4) is 0 Å². The van der Waals surface area contributed by atoms with Crippen molar-refractivity contribution in [1.82, 2.24) is 5.43 Å². The van der Waals surface area contributed by atoms with Gasteiger partial charge in [0.15, 0.2) is 11.5 Å². The van der Waals surface area contributed by atoms with Crippen molar-refractivity contribution in [1.29, 1.82) is 0 Å². The van der Waals surface area contributed by atoms with Crippen molar-refractivity contribution >= 4 is 34.5 Å². The van der Waals surface area contributed by atoms with E-state index in [4.69, 9.17) is 4.74 Å². The van der Waals surface area contributed by atoms with Crippen LogP contribution in [-0.2, 0) is 9.59 Å². The number of anilines is 1. The van der Waals surface area contributed by atoms with Gasteiger partial charge in [-0.2, -0.15) is 5.10 Å². The third-order valence-corrected chi connectivity index (χ3v) is 3.91. The van der Waals surface area contributed by atoms with Crippen molar-refractivity contribution in [3.05, 3.63) is 66.2 Å². The van der Waals surface area contributed by atoms with Crippen LogP contribution in [0, 0.1) is 0 Å². The standard InChI is InChI=1S/C21H19N3O4/c1-2-28-19-12-14(10-11-18(19)25)13-22-24-21(27)20(26)23-17-9-5-7-15-6-3-4-8-16(15)17/h3-13,25H,2H2,1H3,(H,23,26)(H,24,27). The number of amides is 2. The molecular weight excluding hydrogens is 358 g/mol. The molecule has 0 radical (unpaired) electrons. The first-order valence-electron chi connectivity index (χ1n) is 8.66. The summed E-state index contributed by atoms with van der Waals surface area (Å²) in [6, 6.07) is 17.6. The fraction of sp³-hybridized carbons (Fsp3) is 0.0952. The average molecular weight is 377 g/mol. The van der Waals surface area contributed by atoms with E-state index >= 15 is 0 Å². The Morgan fingerprint density at radius 1 is 1.07 bits per heavy atom. The number of carbonyl (C=O) groups is 2. The first kappa shape index (κ1) is 18.9. The van der Waals surface area contributed by atoms with Gasteiger partial charge in [0.25, 0.3) is 0 Å². The van der Waals surface area contributed by atoms with Crippen LogP contribution in [0.1, 0.15) is 12.5 Å². The average Bonchev–Trinajstić information content (AvgIpc) is 2.70. The molecule has 142 valence electrons. The van der Waals surface area contributed by atoms with Crippen LogP contribution in [0.2, 0.25) is 0 Å². The zero-order valence-electron chi connectivity index (χ0n) is 15.2. The summed E-state index contributed by atoms with van der Waals surface area (Å²) in [5, 5.41) is 17.8. The topological polar surface area (TPSA) is 100 Å². The molecule has 0 aromatic heterocycles. The number of carbonyl (C=O) groups excluding carboxylic acids is 2. The van der Waals surface area contributed by atoms with Gasteiger partial charge in [-0.05, 0) is 42.1 Å². The van der Waals surface area contributed by atoms with Gasteiger partial charge in [-0.3, -0.25) is 9.59 Å². The van der Waals surface area contributed by atoms with E-state index in [-0.39, 0.29) is 5.75 Å². The Morgan fingerprint density at radius 3 is 2.68 bits per heavy atom. The molecule has 0 aliphatic rings. The van der Waals surface area contributed by atoms with E-state index in [9.17, 15) is 14.7 Å². The highest BCUT2D eigenvalue weighted by Gasteiger charge is 2.14. The van der Waals surface area contributed by atoms with E-state index in [1.165, 1.54) is 12.3 Å². The van der Waals surface area contributed by atoms with Crippen molar-refractivity contribution in [2.24, 2.45) is 5.10 Å². The van der Waals surface area contributed by atoms with E-state index in [0.717, 1.165) is 10.8 Å². The number of nitrogens with one attached hydrogen (secondary N) is 2. The summed E-state index contributed by atoms with van der Waals surface area (Å²) >= 11 is 0. The number of hydrazone groups is 1. The quantitative estimate of drug-likeness (QED) is 0.361. The summed E-state index contributed by atoms with van der Waals surface area (Å²) in [6.07, 6.45) is 1.35. The summed E-state index contributed by atoms with van der Waals surface area (Å²) in [4.78, 5) is 24.1. The number of hydrogen-bond acceptors (Lipinski definition) is 5. The highest BCUT2D eigenvalue weighted by Crippen LogP contribution is 2.26. The third kappa shape index (κ3) is 4.45. The zero-order chi connectivity index (χ0) is 19.9. The van der Waals surface area contributed by atoms with Crippen molar-refractivity contribution in [2.75, 3.05) is 11.9 Å². The number of ether oxygens (including phenoxy) is 1. The lowest BCUT2D eigenvalue weighted by atomic mass is 10.1. The first-order chi connectivity index (χ1) is 13.6. The van der Waals surface area contributed by atoms with Crippen molar-refractivity contribution in [2.45, 2.75) is 6.92 Å². The second-order valence-electron chi connectivity index (χ2n) is 5.84. The molecule has 0 saturated carbocycles. The Labute approximate surface area is 161 Å². The van der Waals surface area contributed by atoms with Crippen LogP contribution in [-0.4, -0.2) is 29.7 Å². The number of phenolic OH excluding ortho intramolecular Hbond substituents is 1. The van der Waals surface area contributed by atoms with Crippen LogP contribution in [0.4, 0.5) is 5.69 Å². The number of fused-ring (bicyclic) bond motifs is 1. The Bertz CT molecular complexity index is 1040. The van der Waals surface area contributed by atoms with Gasteiger partial charge >= 0.3 is 11.8 Å². The predicted octanol–water partition coefficient (Wildman–Crippen LogP) is 3.03. The fourth-order valence-electron chi connectivity index (χ4n) is 2.61. The van der Waals surface area contributed by atoms with Gasteiger partial charge in [0.2, 0.25) is 0 Å². The first-order valence-corrected chi connectivity index (χ1v) is 8.66. The van der Waals surface area contributed by atoms with Gasteiger partial charge in [-0.25, -0.2) is 5.43 Å². The number of benzene rings is 3. The minimum Gasteiger partial charge on any atom is -0.504 e. The molecule has 3 N–H and O–H groups in total. The van der Waals surface area contributed by atoms with Crippen molar-refractivity contribution in [3.8, 4) is 11.5 Å². The Balaban J connectivity index is 1.64. The molecule has 0 fully saturated rings. The maximum atomic E-state index is 12.1. The molecule has 3 aromatic rings. The lowest BCUT2D eigenvalue weighted by Gasteiger charge is -2.08. The van der Waals surface area contributed by atoms with Gasteiger partial charge in [0, 0.05) is 11.1 Å². The Morgan fingerprint density at radius 2 is 1.86 bits per heavy atom. The molecule has 28 heavy (non-hydrogen) atoms. The Hall–Kier alpha value is -3.87. The van der Waals surface area contributed by atoms with Crippen LogP contribution in [0.25, 0.3) is 10.8 Å². The number of nitrogens with zero attached hydrogens (tertiary/aromatic N) is 1. The zero-order valence-corrected chi connectivity index (χ0v) is 15.2. The van der Waals surface area contributed by atoms with E-state index in [0.29, 0.717) is 23.6 Å². The molecule has 7 nitrogen and oxygen atoms in total.